The second-order valence-electron chi connectivity index (χ2n) is 5.96. The van der Waals surface area contributed by atoms with E-state index in [4.69, 9.17) is 0 Å². The van der Waals surface area contributed by atoms with Crippen LogP contribution in [0.5, 0.6) is 0 Å². The molecule has 96 valence electrons. The first-order valence-corrected chi connectivity index (χ1v) is 7.70. The molecule has 0 nitrogen and oxygen atoms in total. The lowest BCUT2D eigenvalue weighted by Crippen LogP contribution is -2.21. The zero-order chi connectivity index (χ0) is 12.2. The summed E-state index contributed by atoms with van der Waals surface area (Å²) in [7, 11) is 0. The Bertz CT molecular complexity index is 395. The predicted octanol–water partition coefficient (Wildman–Crippen LogP) is 5.45. The van der Waals surface area contributed by atoms with Gasteiger partial charge in [-0.3, -0.25) is 0 Å². The van der Waals surface area contributed by atoms with Gasteiger partial charge in [0.25, 0.3) is 0 Å². The van der Waals surface area contributed by atoms with Crippen LogP contribution in [-0.2, 0) is 0 Å². The molecule has 1 aromatic carbocycles. The van der Waals surface area contributed by atoms with Crippen LogP contribution in [0.2, 0.25) is 0 Å². The minimum absolute atomic E-state index is 0.849. The Labute approximate surface area is 111 Å². The van der Waals surface area contributed by atoms with Crippen molar-refractivity contribution >= 4 is 5.57 Å². The second kappa shape index (κ2) is 5.73. The molecule has 18 heavy (non-hydrogen) atoms. The summed E-state index contributed by atoms with van der Waals surface area (Å²) in [5, 5.41) is 0. The van der Waals surface area contributed by atoms with Gasteiger partial charge in [-0.2, -0.15) is 0 Å². The third kappa shape index (κ3) is 2.53. The van der Waals surface area contributed by atoms with Gasteiger partial charge in [0.15, 0.2) is 0 Å². The molecule has 0 heteroatoms. The summed E-state index contributed by atoms with van der Waals surface area (Å²) < 4.78 is 0. The molecular weight excluding hydrogens is 216 g/mol. The van der Waals surface area contributed by atoms with Crippen molar-refractivity contribution in [2.45, 2.75) is 51.4 Å². The molecule has 2 aliphatic rings. The van der Waals surface area contributed by atoms with E-state index in [0.717, 1.165) is 11.8 Å². The van der Waals surface area contributed by atoms with Crippen LogP contribution in [0.15, 0.2) is 36.4 Å². The van der Waals surface area contributed by atoms with Gasteiger partial charge < -0.3 is 0 Å². The maximum absolute atomic E-state index is 2.53. The summed E-state index contributed by atoms with van der Waals surface area (Å²) in [4.78, 5) is 0. The van der Waals surface area contributed by atoms with Crippen LogP contribution in [0.4, 0.5) is 0 Å². The van der Waals surface area contributed by atoms with E-state index >= 15 is 0 Å². The molecule has 0 radical (unpaired) electrons. The van der Waals surface area contributed by atoms with Gasteiger partial charge in [-0.25, -0.2) is 0 Å². The first-order valence-electron chi connectivity index (χ1n) is 7.70. The topological polar surface area (TPSA) is 0 Å². The summed E-state index contributed by atoms with van der Waals surface area (Å²) in [5.41, 5.74) is 3.14. The minimum Gasteiger partial charge on any atom is -0.0804 e. The molecule has 1 atom stereocenters. The smallest absolute Gasteiger partial charge is 0.0131 e. The molecule has 0 N–H and O–H groups in total. The Hall–Kier alpha value is -1.04. The molecule has 0 aromatic heterocycles. The van der Waals surface area contributed by atoms with Gasteiger partial charge in [-0.05, 0) is 55.1 Å². The van der Waals surface area contributed by atoms with Crippen molar-refractivity contribution in [3.8, 4) is 0 Å². The van der Waals surface area contributed by atoms with Gasteiger partial charge in [-0.15, -0.1) is 0 Å². The highest BCUT2D eigenvalue weighted by Crippen LogP contribution is 2.42. The number of hydrogen-bond donors (Lipinski definition) is 0. The number of hydrogen-bond acceptors (Lipinski definition) is 0. The maximum Gasteiger partial charge on any atom is -0.0131 e. The Morgan fingerprint density at radius 1 is 0.778 bits per heavy atom. The van der Waals surface area contributed by atoms with E-state index in [-0.39, 0.29) is 0 Å². The molecule has 0 spiro atoms. The van der Waals surface area contributed by atoms with Crippen LogP contribution in [0.25, 0.3) is 5.57 Å². The Morgan fingerprint density at radius 2 is 1.56 bits per heavy atom. The van der Waals surface area contributed by atoms with Crippen molar-refractivity contribution < 1.29 is 0 Å². The summed E-state index contributed by atoms with van der Waals surface area (Å²) in [5.74, 6) is 1.81. The van der Waals surface area contributed by atoms with E-state index in [2.05, 4.69) is 36.4 Å². The van der Waals surface area contributed by atoms with E-state index in [9.17, 15) is 0 Å². The summed E-state index contributed by atoms with van der Waals surface area (Å²) >= 11 is 0. The maximum atomic E-state index is 2.53. The quantitative estimate of drug-likeness (QED) is 0.644. The monoisotopic (exact) mass is 240 g/mol. The molecule has 0 saturated heterocycles. The van der Waals surface area contributed by atoms with E-state index in [1.165, 1.54) is 56.9 Å². The first kappa shape index (κ1) is 12.0. The van der Waals surface area contributed by atoms with Crippen molar-refractivity contribution in [2.75, 3.05) is 0 Å². The van der Waals surface area contributed by atoms with Crippen LogP contribution in [0.3, 0.4) is 0 Å². The third-order valence-electron chi connectivity index (χ3n) is 4.81. The highest BCUT2D eigenvalue weighted by Gasteiger charge is 2.28. The average Bonchev–Trinajstić information content (AvgIpc) is 2.49. The summed E-state index contributed by atoms with van der Waals surface area (Å²) in [6.45, 7) is 0. The van der Waals surface area contributed by atoms with Crippen molar-refractivity contribution in [1.29, 1.82) is 0 Å². The second-order valence-corrected chi connectivity index (χ2v) is 5.96. The highest BCUT2D eigenvalue weighted by molar-refractivity contribution is 5.68. The molecule has 1 aromatic rings. The zero-order valence-electron chi connectivity index (χ0n) is 11.3. The molecule has 0 aliphatic heterocycles. The summed E-state index contributed by atoms with van der Waals surface area (Å²) in [6.07, 6.45) is 14.0. The summed E-state index contributed by atoms with van der Waals surface area (Å²) in [6, 6.07) is 11.1. The van der Waals surface area contributed by atoms with Crippen molar-refractivity contribution in [3.63, 3.8) is 0 Å². The van der Waals surface area contributed by atoms with Crippen molar-refractivity contribution in [2.24, 2.45) is 11.8 Å². The van der Waals surface area contributed by atoms with Gasteiger partial charge in [0.2, 0.25) is 0 Å². The Balaban J connectivity index is 1.83. The van der Waals surface area contributed by atoms with Crippen molar-refractivity contribution in [3.05, 3.63) is 42.0 Å². The van der Waals surface area contributed by atoms with Crippen LogP contribution in [-0.4, -0.2) is 0 Å². The van der Waals surface area contributed by atoms with Crippen LogP contribution < -0.4 is 0 Å². The number of benzene rings is 1. The average molecular weight is 240 g/mol. The number of rotatable bonds is 2. The van der Waals surface area contributed by atoms with Crippen LogP contribution in [0.1, 0.15) is 56.9 Å². The van der Waals surface area contributed by atoms with E-state index in [1.54, 1.807) is 5.57 Å². The normalized spacial score (nSPS) is 25.8. The fourth-order valence-corrected chi connectivity index (χ4v) is 3.89. The molecule has 1 saturated carbocycles. The lowest BCUT2D eigenvalue weighted by atomic mass is 9.71. The van der Waals surface area contributed by atoms with Gasteiger partial charge in [0.1, 0.15) is 0 Å². The molecule has 1 fully saturated rings. The van der Waals surface area contributed by atoms with Gasteiger partial charge in [0, 0.05) is 0 Å². The first-order chi connectivity index (χ1) is 8.95. The van der Waals surface area contributed by atoms with Gasteiger partial charge >= 0.3 is 0 Å². The van der Waals surface area contributed by atoms with Crippen LogP contribution >= 0.6 is 0 Å². The highest BCUT2D eigenvalue weighted by atomic mass is 14.3. The minimum atomic E-state index is 0.849. The third-order valence-corrected chi connectivity index (χ3v) is 4.81. The molecular formula is C18H24. The Kier molecular flexibility index (Phi) is 3.83. The van der Waals surface area contributed by atoms with Gasteiger partial charge in [-0.1, -0.05) is 55.7 Å². The molecule has 2 aliphatic carbocycles. The fourth-order valence-electron chi connectivity index (χ4n) is 3.89. The SMILES string of the molecule is C1=C(c2ccccc2)C(C2CCCCC2)CCC1. The van der Waals surface area contributed by atoms with E-state index in [1.807, 2.05) is 0 Å². The van der Waals surface area contributed by atoms with E-state index in [0.29, 0.717) is 0 Å². The van der Waals surface area contributed by atoms with Crippen molar-refractivity contribution in [1.82, 2.24) is 0 Å². The molecule has 3 rings (SSSR count). The molecule has 1 unspecified atom stereocenters. The standard InChI is InChI=1S/C18H24/c1-3-9-15(10-4-1)17-13-7-8-14-18(17)16-11-5-2-6-12-16/h1,3-4,9-10,13,16,18H,2,5-8,11-12,14H2. The van der Waals surface area contributed by atoms with Crippen LogP contribution in [0, 0.1) is 11.8 Å². The molecule has 0 bridgehead atoms. The number of allylic oxidation sites excluding steroid dienone is 2. The molecule has 0 amide bonds. The van der Waals surface area contributed by atoms with E-state index < -0.39 is 0 Å². The molecule has 0 heterocycles. The predicted molar refractivity (Wildman–Crippen MR) is 78.3 cm³/mol. The Morgan fingerprint density at radius 3 is 2.33 bits per heavy atom. The lowest BCUT2D eigenvalue weighted by Gasteiger charge is -2.34. The van der Waals surface area contributed by atoms with Gasteiger partial charge in [0.05, 0.1) is 0 Å². The lowest BCUT2D eigenvalue weighted by molar-refractivity contribution is 0.275. The largest absolute Gasteiger partial charge is 0.0804 e. The zero-order valence-corrected chi connectivity index (χ0v) is 11.3. The fraction of sp³-hybridized carbons (Fsp3) is 0.556.